The molecule has 4 rings (SSSR count). The summed E-state index contributed by atoms with van der Waals surface area (Å²) < 4.78 is 53.0. The van der Waals surface area contributed by atoms with Crippen molar-refractivity contribution in [1.82, 2.24) is 19.6 Å². The molecule has 2 aromatic rings. The van der Waals surface area contributed by atoms with Gasteiger partial charge in [-0.05, 0) is 17.7 Å². The number of nitrogens with zero attached hydrogens (tertiary/aromatic N) is 5. The van der Waals surface area contributed by atoms with E-state index in [-0.39, 0.29) is 37.8 Å². The van der Waals surface area contributed by atoms with Gasteiger partial charge < -0.3 is 9.80 Å². The van der Waals surface area contributed by atoms with Crippen LogP contribution in [0.4, 0.5) is 25.1 Å². The number of hydrogen-bond donors (Lipinski definition) is 1. The van der Waals surface area contributed by atoms with E-state index in [1.165, 1.54) is 12.3 Å². The van der Waals surface area contributed by atoms with E-state index in [0.717, 1.165) is 22.2 Å². The monoisotopic (exact) mass is 516 g/mol. The third-order valence-electron chi connectivity index (χ3n) is 5.97. The minimum Gasteiger partial charge on any atom is -0.370 e. The minimum absolute atomic E-state index is 0.0884. The molecule has 2 fully saturated rings. The Labute approximate surface area is 202 Å². The number of benzene rings is 1. The van der Waals surface area contributed by atoms with Crippen LogP contribution in [-0.4, -0.2) is 85.5 Å². The first-order valence-corrected chi connectivity index (χ1v) is 13.2. The van der Waals surface area contributed by atoms with Gasteiger partial charge in [0.25, 0.3) is 5.92 Å². The van der Waals surface area contributed by atoms with Crippen molar-refractivity contribution in [1.29, 1.82) is 0 Å². The summed E-state index contributed by atoms with van der Waals surface area (Å²) >= 11 is 6.36. The maximum Gasteiger partial charge on any atom is 0.344 e. The van der Waals surface area contributed by atoms with Gasteiger partial charge in [0.15, 0.2) is 5.82 Å². The van der Waals surface area contributed by atoms with Crippen LogP contribution in [0.15, 0.2) is 30.5 Å². The second-order valence-electron chi connectivity index (χ2n) is 8.69. The van der Waals surface area contributed by atoms with Crippen LogP contribution in [0.5, 0.6) is 0 Å². The van der Waals surface area contributed by atoms with Gasteiger partial charge in [0, 0.05) is 70.9 Å². The molecule has 34 heavy (non-hydrogen) atoms. The lowest BCUT2D eigenvalue weighted by Crippen LogP contribution is -2.49. The lowest BCUT2D eigenvalue weighted by atomic mass is 10.1. The smallest absolute Gasteiger partial charge is 0.344 e. The number of aromatic nitrogens is 2. The number of piperazine rings is 1. The van der Waals surface area contributed by atoms with Crippen LogP contribution in [0.1, 0.15) is 18.4 Å². The number of amides is 1. The molecule has 0 saturated carbocycles. The first kappa shape index (κ1) is 24.7. The lowest BCUT2D eigenvalue weighted by molar-refractivity contribution is -0.0220. The number of nitrogens with one attached hydrogen (secondary N) is 1. The number of halogens is 3. The Morgan fingerprint density at radius 1 is 1.12 bits per heavy atom. The van der Waals surface area contributed by atoms with E-state index in [1.807, 2.05) is 17.0 Å². The Balaban J connectivity index is 1.32. The highest BCUT2D eigenvalue weighted by Gasteiger charge is 2.34. The van der Waals surface area contributed by atoms with E-state index in [2.05, 4.69) is 14.7 Å². The summed E-state index contributed by atoms with van der Waals surface area (Å²) in [7, 11) is -3.47. The number of hydrogen-bond acceptors (Lipinski definition) is 6. The van der Waals surface area contributed by atoms with Crippen molar-refractivity contribution in [2.75, 3.05) is 55.1 Å². The Morgan fingerprint density at radius 3 is 2.44 bits per heavy atom. The van der Waals surface area contributed by atoms with Crippen molar-refractivity contribution < 1.29 is 22.0 Å². The zero-order valence-corrected chi connectivity index (χ0v) is 20.3. The molecule has 1 N–H and O–H groups in total. The lowest BCUT2D eigenvalue weighted by Gasteiger charge is -2.35. The highest BCUT2D eigenvalue weighted by atomic mass is 35.5. The Bertz CT molecular complexity index is 1140. The Morgan fingerprint density at radius 2 is 1.79 bits per heavy atom. The van der Waals surface area contributed by atoms with Crippen molar-refractivity contribution in [2.24, 2.45) is 0 Å². The van der Waals surface area contributed by atoms with Gasteiger partial charge in [0.1, 0.15) is 0 Å². The van der Waals surface area contributed by atoms with Crippen LogP contribution >= 0.6 is 11.6 Å². The molecule has 0 aliphatic carbocycles. The van der Waals surface area contributed by atoms with Crippen LogP contribution in [0.25, 0.3) is 0 Å². The molecule has 3 heterocycles. The van der Waals surface area contributed by atoms with Crippen molar-refractivity contribution in [2.45, 2.75) is 25.3 Å². The van der Waals surface area contributed by atoms with Crippen LogP contribution in [-0.2, 0) is 16.6 Å². The second-order valence-corrected chi connectivity index (χ2v) is 10.8. The normalized spacial score (nSPS) is 19.3. The number of carbonyl (C=O) groups excluding carboxylic acids is 1. The average Bonchev–Trinajstić information content (AvgIpc) is 3.22. The van der Waals surface area contributed by atoms with Gasteiger partial charge in [-0.3, -0.25) is 9.62 Å². The summed E-state index contributed by atoms with van der Waals surface area (Å²) in [5.41, 5.74) is 1.81. The highest BCUT2D eigenvalue weighted by Crippen LogP contribution is 2.34. The van der Waals surface area contributed by atoms with Crippen molar-refractivity contribution in [3.63, 3.8) is 0 Å². The summed E-state index contributed by atoms with van der Waals surface area (Å²) in [4.78, 5) is 18.5. The van der Waals surface area contributed by atoms with E-state index < -0.39 is 15.9 Å². The molecule has 0 atom stereocenters. The molecule has 0 spiro atoms. The molecule has 9 nitrogen and oxygen atoms in total. The van der Waals surface area contributed by atoms with Crippen molar-refractivity contribution in [3.8, 4) is 0 Å². The fraction of sp³-hybridized carbons (Fsp3) is 0.524. The molecule has 0 unspecified atom stereocenters. The zero-order valence-electron chi connectivity index (χ0n) is 18.8. The predicted molar refractivity (Wildman–Crippen MR) is 126 cm³/mol. The molecule has 13 heteroatoms. The number of alkyl halides is 2. The molecule has 1 aromatic heterocycles. The Hall–Kier alpha value is -2.44. The quantitative estimate of drug-likeness (QED) is 0.657. The summed E-state index contributed by atoms with van der Waals surface area (Å²) in [6.45, 7) is 3.48. The van der Waals surface area contributed by atoms with E-state index in [1.54, 1.807) is 11.0 Å². The summed E-state index contributed by atoms with van der Waals surface area (Å²) in [6, 6.07) is 6.80. The fourth-order valence-electron chi connectivity index (χ4n) is 4.15. The van der Waals surface area contributed by atoms with Gasteiger partial charge in [0.2, 0.25) is 10.0 Å². The maximum atomic E-state index is 13.5. The largest absolute Gasteiger partial charge is 0.370 e. The van der Waals surface area contributed by atoms with E-state index in [0.29, 0.717) is 37.7 Å². The van der Waals surface area contributed by atoms with E-state index >= 15 is 0 Å². The highest BCUT2D eigenvalue weighted by molar-refractivity contribution is 7.92. The summed E-state index contributed by atoms with van der Waals surface area (Å²) in [6.07, 6.45) is 2.09. The summed E-state index contributed by atoms with van der Waals surface area (Å²) in [5, 5.41) is 4.54. The summed E-state index contributed by atoms with van der Waals surface area (Å²) in [5.74, 6) is -2.52. The van der Waals surface area contributed by atoms with E-state index in [4.69, 9.17) is 11.6 Å². The first-order valence-electron chi connectivity index (χ1n) is 11.0. The van der Waals surface area contributed by atoms with Crippen molar-refractivity contribution >= 4 is 39.2 Å². The van der Waals surface area contributed by atoms with Crippen molar-refractivity contribution in [3.05, 3.63) is 41.0 Å². The van der Waals surface area contributed by atoms with Gasteiger partial charge in [-0.2, -0.15) is 4.68 Å². The van der Waals surface area contributed by atoms with Gasteiger partial charge in [0.05, 0.1) is 17.0 Å². The molecule has 2 saturated heterocycles. The topological polar surface area (TPSA) is 90.8 Å². The molecular formula is C21H27ClF2N6O3S. The third-order valence-corrected chi connectivity index (χ3v) is 6.87. The fourth-order valence-corrected chi connectivity index (χ4v) is 4.87. The van der Waals surface area contributed by atoms with Gasteiger partial charge in [-0.1, -0.05) is 17.7 Å². The number of carbonyl (C=O) groups is 1. The number of piperidine rings is 1. The second kappa shape index (κ2) is 9.67. The number of sulfonamides is 1. The van der Waals surface area contributed by atoms with Gasteiger partial charge in [-0.25, -0.2) is 22.0 Å². The molecule has 0 bridgehead atoms. The molecule has 1 amide bonds. The predicted octanol–water partition coefficient (Wildman–Crippen LogP) is 2.93. The number of anilines is 2. The zero-order chi connectivity index (χ0) is 24.5. The molecule has 0 radical (unpaired) electrons. The molecular weight excluding hydrogens is 490 g/mol. The third kappa shape index (κ3) is 6.16. The SMILES string of the molecule is CS(=O)(=O)Nc1ccn(C(=O)N2CCN(Cc3ccc(Cl)c(N4CCC(F)(F)CC4)c3)CC2)n1. The van der Waals surface area contributed by atoms with Gasteiger partial charge in [-0.15, -0.1) is 5.10 Å². The first-order chi connectivity index (χ1) is 16.0. The van der Waals surface area contributed by atoms with Crippen LogP contribution in [0.3, 0.4) is 0 Å². The van der Waals surface area contributed by atoms with Crippen LogP contribution < -0.4 is 9.62 Å². The molecule has 2 aliphatic heterocycles. The van der Waals surface area contributed by atoms with E-state index in [9.17, 15) is 22.0 Å². The van der Waals surface area contributed by atoms with Crippen LogP contribution in [0.2, 0.25) is 5.02 Å². The Kier molecular flexibility index (Phi) is 7.02. The average molecular weight is 517 g/mol. The molecule has 186 valence electrons. The van der Waals surface area contributed by atoms with Gasteiger partial charge >= 0.3 is 6.03 Å². The van der Waals surface area contributed by atoms with Crippen LogP contribution in [0, 0.1) is 0 Å². The standard InChI is InChI=1S/C21H27ClF2N6O3S/c1-34(32,33)26-19-4-7-30(25-19)20(31)29-12-10-27(11-13-29)15-16-2-3-17(22)18(14-16)28-8-5-21(23,24)6-9-28/h2-4,7,14H,5-6,8-13,15H2,1H3,(H,25,26). The minimum atomic E-state index is -3.47. The maximum absolute atomic E-state index is 13.5. The molecule has 1 aromatic carbocycles. The number of rotatable bonds is 5. The molecule has 2 aliphatic rings.